The number of rotatable bonds is 5. The first kappa shape index (κ1) is 28.8. The van der Waals surface area contributed by atoms with E-state index >= 15 is 0 Å². The molecule has 1 aromatic heterocycles. The Bertz CT molecular complexity index is 2890. The van der Waals surface area contributed by atoms with Crippen molar-refractivity contribution >= 4 is 80.9 Å². The zero-order valence-corrected chi connectivity index (χ0v) is 28.1. The number of anilines is 3. The predicted octanol–water partition coefficient (Wildman–Crippen LogP) is 14.3. The lowest BCUT2D eigenvalue weighted by atomic mass is 9.95. The van der Waals surface area contributed by atoms with Crippen molar-refractivity contribution in [3.8, 4) is 22.3 Å². The first-order valence-electron chi connectivity index (χ1n) is 17.1. The Balaban J connectivity index is 1.18. The zero-order chi connectivity index (χ0) is 33.0. The summed E-state index contributed by atoms with van der Waals surface area (Å²) in [7, 11) is 0. The van der Waals surface area contributed by atoms with Gasteiger partial charge in [-0.15, -0.1) is 11.3 Å². The molecule has 0 N–H and O–H groups in total. The molecule has 1 heterocycles. The molecule has 0 saturated carbocycles. The highest BCUT2D eigenvalue weighted by Crippen LogP contribution is 2.45. The van der Waals surface area contributed by atoms with Crippen LogP contribution in [0.2, 0.25) is 0 Å². The van der Waals surface area contributed by atoms with Crippen molar-refractivity contribution in [1.82, 2.24) is 0 Å². The van der Waals surface area contributed by atoms with Crippen LogP contribution in [0.4, 0.5) is 17.1 Å². The third-order valence-electron chi connectivity index (χ3n) is 10.0. The van der Waals surface area contributed by atoms with Crippen LogP contribution >= 0.6 is 11.3 Å². The van der Waals surface area contributed by atoms with Crippen LogP contribution in [-0.4, -0.2) is 0 Å². The van der Waals surface area contributed by atoms with E-state index in [9.17, 15) is 0 Å². The third kappa shape index (κ3) is 4.76. The number of hydrogen-bond donors (Lipinski definition) is 0. The molecule has 0 radical (unpaired) electrons. The van der Waals surface area contributed by atoms with Crippen molar-refractivity contribution in [3.63, 3.8) is 0 Å². The summed E-state index contributed by atoms with van der Waals surface area (Å²) in [5.41, 5.74) is 8.29. The van der Waals surface area contributed by atoms with Gasteiger partial charge in [0, 0.05) is 36.9 Å². The molecule has 0 atom stereocenters. The summed E-state index contributed by atoms with van der Waals surface area (Å²) in [5, 5.41) is 10.1. The lowest BCUT2D eigenvalue weighted by Crippen LogP contribution is -2.10. The van der Waals surface area contributed by atoms with E-state index in [0.717, 1.165) is 11.4 Å². The Kier molecular flexibility index (Phi) is 6.75. The molecule has 50 heavy (non-hydrogen) atoms. The second kappa shape index (κ2) is 11.7. The molecular weight excluding hydrogens is 623 g/mol. The maximum atomic E-state index is 2.46. The number of benzene rings is 9. The summed E-state index contributed by atoms with van der Waals surface area (Å²) in [4.78, 5) is 2.46. The summed E-state index contributed by atoms with van der Waals surface area (Å²) in [6.07, 6.45) is 0. The number of hydrogen-bond acceptors (Lipinski definition) is 2. The van der Waals surface area contributed by atoms with Crippen LogP contribution < -0.4 is 4.90 Å². The molecule has 0 saturated heterocycles. The molecule has 0 unspecified atom stereocenters. The fourth-order valence-corrected chi connectivity index (χ4v) is 8.81. The van der Waals surface area contributed by atoms with Crippen LogP contribution in [0.5, 0.6) is 0 Å². The summed E-state index contributed by atoms with van der Waals surface area (Å²) in [6.45, 7) is 0. The van der Waals surface area contributed by atoms with E-state index in [1.807, 2.05) is 11.3 Å². The van der Waals surface area contributed by atoms with Gasteiger partial charge in [0.15, 0.2) is 0 Å². The Morgan fingerprint density at radius 2 is 0.920 bits per heavy atom. The van der Waals surface area contributed by atoms with E-state index in [1.54, 1.807) is 0 Å². The molecule has 0 aliphatic carbocycles. The summed E-state index contributed by atoms with van der Waals surface area (Å²) >= 11 is 1.86. The van der Waals surface area contributed by atoms with Crippen molar-refractivity contribution in [3.05, 3.63) is 188 Å². The molecule has 2 heteroatoms. The van der Waals surface area contributed by atoms with Crippen LogP contribution in [0.25, 0.3) is 74.7 Å². The van der Waals surface area contributed by atoms with Gasteiger partial charge in [0.1, 0.15) is 0 Å². The molecule has 234 valence electrons. The van der Waals surface area contributed by atoms with Gasteiger partial charge in [0.05, 0.1) is 5.69 Å². The summed E-state index contributed by atoms with van der Waals surface area (Å²) in [5.74, 6) is 0. The minimum atomic E-state index is 1.12. The second-order valence-electron chi connectivity index (χ2n) is 12.9. The molecular formula is C48H31NS. The minimum Gasteiger partial charge on any atom is -0.310 e. The number of thiophene rings is 1. The van der Waals surface area contributed by atoms with Crippen LogP contribution in [0.3, 0.4) is 0 Å². The fourth-order valence-electron chi connectivity index (χ4n) is 7.67. The lowest BCUT2D eigenvalue weighted by Gasteiger charge is -2.28. The summed E-state index contributed by atoms with van der Waals surface area (Å²) < 4.78 is 2.60. The predicted molar refractivity (Wildman–Crippen MR) is 217 cm³/mol. The topological polar surface area (TPSA) is 3.24 Å². The van der Waals surface area contributed by atoms with Crippen LogP contribution in [-0.2, 0) is 0 Å². The molecule has 10 rings (SSSR count). The molecule has 0 aliphatic rings. The van der Waals surface area contributed by atoms with Gasteiger partial charge in [-0.05, 0) is 91.6 Å². The van der Waals surface area contributed by atoms with E-state index < -0.39 is 0 Å². The van der Waals surface area contributed by atoms with Gasteiger partial charge in [-0.2, -0.15) is 0 Å². The van der Waals surface area contributed by atoms with Crippen molar-refractivity contribution in [2.75, 3.05) is 4.90 Å². The maximum absolute atomic E-state index is 2.46. The van der Waals surface area contributed by atoms with Crippen molar-refractivity contribution in [2.45, 2.75) is 0 Å². The average molecular weight is 654 g/mol. The van der Waals surface area contributed by atoms with Gasteiger partial charge in [0.2, 0.25) is 0 Å². The quantitative estimate of drug-likeness (QED) is 0.167. The zero-order valence-electron chi connectivity index (χ0n) is 27.3. The largest absolute Gasteiger partial charge is 0.310 e. The minimum absolute atomic E-state index is 1.12. The molecule has 0 bridgehead atoms. The van der Waals surface area contributed by atoms with Crippen LogP contribution in [0.15, 0.2) is 188 Å². The van der Waals surface area contributed by atoms with Gasteiger partial charge >= 0.3 is 0 Å². The molecule has 1 nitrogen and oxygen atoms in total. The molecule has 0 spiro atoms. The van der Waals surface area contributed by atoms with Crippen molar-refractivity contribution in [2.24, 2.45) is 0 Å². The van der Waals surface area contributed by atoms with Gasteiger partial charge in [0.25, 0.3) is 0 Å². The maximum Gasteiger partial charge on any atom is 0.0546 e. The van der Waals surface area contributed by atoms with Gasteiger partial charge in [-0.3, -0.25) is 0 Å². The van der Waals surface area contributed by atoms with E-state index in [1.165, 1.54) is 80.4 Å². The highest BCUT2D eigenvalue weighted by atomic mass is 32.1. The summed E-state index contributed by atoms with van der Waals surface area (Å²) in [6, 6.07) is 68.8. The Hall–Kier alpha value is -6.22. The standard InChI is InChI=1S/C48H31NS/c1-3-19-39-32(12-1)14-11-24-40(39)35-17-9-15-33(28-35)34-16-10-18-37(29-34)49(38-26-27-45-44-23-7-8-25-47(44)50-48(45)31-38)46-30-36-13-2-4-20-41(36)42-21-5-6-22-43(42)46/h1-31H. The van der Waals surface area contributed by atoms with E-state index in [4.69, 9.17) is 0 Å². The Morgan fingerprint density at radius 1 is 0.320 bits per heavy atom. The monoisotopic (exact) mass is 653 g/mol. The van der Waals surface area contributed by atoms with Crippen LogP contribution in [0, 0.1) is 0 Å². The Morgan fingerprint density at radius 3 is 1.80 bits per heavy atom. The Labute approximate surface area is 294 Å². The van der Waals surface area contributed by atoms with Crippen molar-refractivity contribution < 1.29 is 0 Å². The number of nitrogens with zero attached hydrogens (tertiary/aromatic N) is 1. The fraction of sp³-hybridized carbons (Fsp3) is 0. The van der Waals surface area contributed by atoms with Gasteiger partial charge in [-0.1, -0.05) is 146 Å². The second-order valence-corrected chi connectivity index (χ2v) is 14.0. The van der Waals surface area contributed by atoms with E-state index in [0.29, 0.717) is 0 Å². The lowest BCUT2D eigenvalue weighted by molar-refractivity contribution is 1.31. The van der Waals surface area contributed by atoms with E-state index in [-0.39, 0.29) is 0 Å². The van der Waals surface area contributed by atoms with Crippen LogP contribution in [0.1, 0.15) is 0 Å². The average Bonchev–Trinajstić information content (AvgIpc) is 3.56. The van der Waals surface area contributed by atoms with Crippen molar-refractivity contribution in [1.29, 1.82) is 0 Å². The highest BCUT2D eigenvalue weighted by molar-refractivity contribution is 7.25. The highest BCUT2D eigenvalue weighted by Gasteiger charge is 2.19. The first-order chi connectivity index (χ1) is 24.8. The molecule has 0 fully saturated rings. The smallest absolute Gasteiger partial charge is 0.0546 e. The first-order valence-corrected chi connectivity index (χ1v) is 17.9. The molecule has 0 amide bonds. The number of fused-ring (bicyclic) bond motifs is 7. The van der Waals surface area contributed by atoms with Gasteiger partial charge in [-0.25, -0.2) is 0 Å². The molecule has 0 aliphatic heterocycles. The third-order valence-corrected chi connectivity index (χ3v) is 11.1. The SMILES string of the molecule is c1cc(-c2cccc(N(c3ccc4c(c3)sc3ccccc34)c3cc4ccccc4c4ccccc34)c2)cc(-c2cccc3ccccc23)c1. The molecule has 10 aromatic rings. The van der Waals surface area contributed by atoms with E-state index in [2.05, 4.69) is 193 Å². The normalized spacial score (nSPS) is 11.6. The van der Waals surface area contributed by atoms with Gasteiger partial charge < -0.3 is 4.90 Å². The molecule has 9 aromatic carbocycles.